The van der Waals surface area contributed by atoms with Crippen LogP contribution >= 0.6 is 12.8 Å². The molecule has 6 heteroatoms. The summed E-state index contributed by atoms with van der Waals surface area (Å²) in [6, 6.07) is 7.93. The number of nitrogens with zero attached hydrogens (tertiary/aromatic N) is 2. The van der Waals surface area contributed by atoms with Crippen LogP contribution in [-0.4, -0.2) is 22.6 Å². The fraction of sp³-hybridized carbons (Fsp3) is 0.423. The molecule has 0 aliphatic carbocycles. The summed E-state index contributed by atoms with van der Waals surface area (Å²) < 4.78 is 20.6. The predicted molar refractivity (Wildman–Crippen MR) is 135 cm³/mol. The fourth-order valence-corrected chi connectivity index (χ4v) is 4.70. The maximum absolute atomic E-state index is 13.6. The molecule has 0 radical (unpaired) electrons. The van der Waals surface area contributed by atoms with E-state index in [9.17, 15) is 4.39 Å². The van der Waals surface area contributed by atoms with Gasteiger partial charge in [0.25, 0.3) is 0 Å². The van der Waals surface area contributed by atoms with E-state index in [0.29, 0.717) is 12.1 Å². The standard InChI is InChI=1S/C26H36FN3OS/c1-8-21(12-19(2)27)24(23-15-28-18-30(23)32)29-17-26(5,6)16-25(3,4)14-20-10-9-11-22(13-20)31-7/h8-13,15,18,24,29,32H,1-2,14,16-17H2,3-7H3/b21-12+. The van der Waals surface area contributed by atoms with Crippen LogP contribution in [0.5, 0.6) is 5.75 Å². The van der Waals surface area contributed by atoms with E-state index in [1.54, 1.807) is 29.7 Å². The zero-order valence-corrected chi connectivity index (χ0v) is 20.8. The Hall–Kier alpha value is -2.31. The second-order valence-corrected chi connectivity index (χ2v) is 10.2. The summed E-state index contributed by atoms with van der Waals surface area (Å²) in [6.45, 7) is 17.0. The zero-order valence-electron chi connectivity index (χ0n) is 19.9. The molecule has 1 unspecified atom stereocenters. The number of imidazole rings is 1. The van der Waals surface area contributed by atoms with Crippen LogP contribution in [-0.2, 0) is 6.42 Å². The number of halogens is 1. The highest BCUT2D eigenvalue weighted by molar-refractivity contribution is 7.78. The molecular formula is C26H36FN3OS. The van der Waals surface area contributed by atoms with Crippen molar-refractivity contribution in [1.29, 1.82) is 0 Å². The minimum Gasteiger partial charge on any atom is -0.497 e. The highest BCUT2D eigenvalue weighted by Gasteiger charge is 2.30. The van der Waals surface area contributed by atoms with Crippen molar-refractivity contribution in [1.82, 2.24) is 14.3 Å². The molecule has 0 amide bonds. The van der Waals surface area contributed by atoms with Crippen molar-refractivity contribution in [2.45, 2.75) is 46.6 Å². The first kappa shape index (κ1) is 25.9. The molecule has 0 bridgehead atoms. The number of rotatable bonds is 12. The summed E-state index contributed by atoms with van der Waals surface area (Å²) in [5.41, 5.74) is 2.80. The third-order valence-electron chi connectivity index (χ3n) is 5.39. The molecule has 174 valence electrons. The first-order valence-electron chi connectivity index (χ1n) is 10.7. The van der Waals surface area contributed by atoms with Crippen molar-refractivity contribution >= 4 is 12.8 Å². The van der Waals surface area contributed by atoms with Gasteiger partial charge in [0, 0.05) is 6.54 Å². The van der Waals surface area contributed by atoms with Crippen LogP contribution in [0.1, 0.15) is 51.4 Å². The molecule has 1 N–H and O–H groups in total. The van der Waals surface area contributed by atoms with Gasteiger partial charge in [-0.25, -0.2) is 9.37 Å². The highest BCUT2D eigenvalue weighted by atomic mass is 32.1. The Bertz CT molecular complexity index is 961. The van der Waals surface area contributed by atoms with E-state index >= 15 is 0 Å². The van der Waals surface area contributed by atoms with Crippen LogP contribution in [0.3, 0.4) is 0 Å². The molecule has 0 saturated heterocycles. The van der Waals surface area contributed by atoms with Crippen molar-refractivity contribution in [3.8, 4) is 5.75 Å². The van der Waals surface area contributed by atoms with Crippen LogP contribution in [0.25, 0.3) is 0 Å². The van der Waals surface area contributed by atoms with Gasteiger partial charge in [-0.15, -0.1) is 0 Å². The quantitative estimate of drug-likeness (QED) is 0.282. The van der Waals surface area contributed by atoms with Gasteiger partial charge in [-0.3, -0.25) is 3.97 Å². The highest BCUT2D eigenvalue weighted by Crippen LogP contribution is 2.37. The Morgan fingerprint density at radius 2 is 2.03 bits per heavy atom. The van der Waals surface area contributed by atoms with Gasteiger partial charge in [-0.05, 0) is 53.0 Å². The van der Waals surface area contributed by atoms with Gasteiger partial charge in [-0.2, -0.15) is 0 Å². The predicted octanol–water partition coefficient (Wildman–Crippen LogP) is 6.50. The third kappa shape index (κ3) is 7.68. The lowest BCUT2D eigenvalue weighted by atomic mass is 9.72. The number of allylic oxidation sites excluding steroid dienone is 2. The average Bonchev–Trinajstić information content (AvgIpc) is 3.11. The van der Waals surface area contributed by atoms with Gasteiger partial charge in [0.05, 0.1) is 25.0 Å². The summed E-state index contributed by atoms with van der Waals surface area (Å²) in [5.74, 6) is 0.360. The van der Waals surface area contributed by atoms with Crippen LogP contribution in [0.2, 0.25) is 0 Å². The van der Waals surface area contributed by atoms with Crippen molar-refractivity contribution in [2.75, 3.05) is 13.7 Å². The largest absolute Gasteiger partial charge is 0.497 e. The second kappa shape index (κ2) is 11.0. The topological polar surface area (TPSA) is 39.1 Å². The average molecular weight is 458 g/mol. The number of hydrogen-bond donors (Lipinski definition) is 2. The summed E-state index contributed by atoms with van der Waals surface area (Å²) >= 11 is 4.44. The Labute approximate surface area is 197 Å². The van der Waals surface area contributed by atoms with E-state index in [1.165, 1.54) is 11.6 Å². The van der Waals surface area contributed by atoms with E-state index in [4.69, 9.17) is 4.74 Å². The fourth-order valence-electron chi connectivity index (χ4n) is 4.47. The third-order valence-corrected chi connectivity index (χ3v) is 5.73. The van der Waals surface area contributed by atoms with Gasteiger partial charge in [0.2, 0.25) is 0 Å². The minimum absolute atomic E-state index is 0.0267. The lowest BCUT2D eigenvalue weighted by Crippen LogP contribution is -2.37. The Morgan fingerprint density at radius 3 is 2.59 bits per heavy atom. The second-order valence-electron chi connectivity index (χ2n) is 9.81. The lowest BCUT2D eigenvalue weighted by Gasteiger charge is -2.36. The Balaban J connectivity index is 2.16. The molecule has 4 nitrogen and oxygen atoms in total. The van der Waals surface area contributed by atoms with Crippen molar-refractivity contribution in [2.24, 2.45) is 10.8 Å². The number of ether oxygens (including phenoxy) is 1. The molecule has 2 aromatic rings. The molecule has 1 aromatic carbocycles. The van der Waals surface area contributed by atoms with E-state index in [1.807, 2.05) is 12.1 Å². The maximum atomic E-state index is 13.6. The van der Waals surface area contributed by atoms with Gasteiger partial charge >= 0.3 is 0 Å². The summed E-state index contributed by atoms with van der Waals surface area (Å²) in [6.07, 6.45) is 8.30. The minimum atomic E-state index is -0.518. The molecule has 32 heavy (non-hydrogen) atoms. The summed E-state index contributed by atoms with van der Waals surface area (Å²) in [4.78, 5) is 4.16. The first-order chi connectivity index (χ1) is 15.0. The van der Waals surface area contributed by atoms with Gasteiger partial charge in [-0.1, -0.05) is 71.9 Å². The number of methoxy groups -OCH3 is 1. The number of benzene rings is 1. The van der Waals surface area contributed by atoms with E-state index in [0.717, 1.165) is 24.3 Å². The van der Waals surface area contributed by atoms with Gasteiger partial charge < -0.3 is 10.1 Å². The molecule has 2 rings (SSSR count). The van der Waals surface area contributed by atoms with Crippen LogP contribution in [0.4, 0.5) is 4.39 Å². The molecule has 1 atom stereocenters. The van der Waals surface area contributed by atoms with Gasteiger partial charge in [0.1, 0.15) is 17.9 Å². The number of aromatic nitrogens is 2. The maximum Gasteiger partial charge on any atom is 0.119 e. The summed E-state index contributed by atoms with van der Waals surface area (Å²) in [5, 5.41) is 3.59. The summed E-state index contributed by atoms with van der Waals surface area (Å²) in [7, 11) is 1.69. The van der Waals surface area contributed by atoms with Crippen LogP contribution < -0.4 is 10.1 Å². The van der Waals surface area contributed by atoms with Crippen molar-refractivity contribution in [3.05, 3.63) is 84.8 Å². The first-order valence-corrected chi connectivity index (χ1v) is 11.1. The molecule has 1 aromatic heterocycles. The monoisotopic (exact) mass is 457 g/mol. The molecule has 1 heterocycles. The molecule has 0 aliphatic rings. The number of nitrogens with one attached hydrogen (secondary N) is 1. The number of thiol groups is 1. The molecular weight excluding hydrogens is 421 g/mol. The van der Waals surface area contributed by atoms with E-state index in [2.05, 4.69) is 76.1 Å². The Kier molecular flexibility index (Phi) is 8.93. The van der Waals surface area contributed by atoms with Crippen molar-refractivity contribution in [3.63, 3.8) is 0 Å². The Morgan fingerprint density at radius 1 is 1.31 bits per heavy atom. The molecule has 0 fully saturated rings. The van der Waals surface area contributed by atoms with Crippen LogP contribution in [0, 0.1) is 10.8 Å². The molecule has 0 aliphatic heterocycles. The zero-order chi connectivity index (χ0) is 23.9. The van der Waals surface area contributed by atoms with E-state index < -0.39 is 5.83 Å². The SMILES string of the molecule is C=C/C(=C\C(=C)F)C(NCC(C)(C)CC(C)(C)Cc1cccc(OC)c1)c1cncn1S. The van der Waals surface area contributed by atoms with E-state index in [-0.39, 0.29) is 16.9 Å². The lowest BCUT2D eigenvalue weighted by molar-refractivity contribution is 0.185. The number of hydrogen-bond acceptors (Lipinski definition) is 4. The molecule has 0 spiro atoms. The smallest absolute Gasteiger partial charge is 0.119 e. The van der Waals surface area contributed by atoms with Gasteiger partial charge in [0.15, 0.2) is 0 Å². The van der Waals surface area contributed by atoms with Crippen molar-refractivity contribution < 1.29 is 9.13 Å². The molecule has 0 saturated carbocycles. The van der Waals surface area contributed by atoms with Crippen LogP contribution in [0.15, 0.2) is 73.5 Å². The normalized spacial score (nSPS) is 13.7.